The van der Waals surface area contributed by atoms with Crippen LogP contribution in [0.3, 0.4) is 0 Å². The molecule has 5 nitrogen and oxygen atoms in total. The van der Waals surface area contributed by atoms with Crippen LogP contribution in [0.15, 0.2) is 46.9 Å². The Morgan fingerprint density at radius 3 is 2.83 bits per heavy atom. The normalized spacial score (nSPS) is 12.3. The van der Waals surface area contributed by atoms with Gasteiger partial charge in [-0.3, -0.25) is 4.79 Å². The van der Waals surface area contributed by atoms with Crippen molar-refractivity contribution in [2.45, 2.75) is 17.3 Å². The van der Waals surface area contributed by atoms with Gasteiger partial charge in [0.15, 0.2) is 21.9 Å². The Morgan fingerprint density at radius 1 is 1.21 bits per heavy atom. The summed E-state index contributed by atoms with van der Waals surface area (Å²) in [6.07, 6.45) is 0. The lowest BCUT2D eigenvalue weighted by Crippen LogP contribution is -2.22. The molecule has 0 aliphatic rings. The van der Waals surface area contributed by atoms with Gasteiger partial charge in [-0.1, -0.05) is 23.4 Å². The van der Waals surface area contributed by atoms with Gasteiger partial charge in [0, 0.05) is 16.0 Å². The predicted octanol–water partition coefficient (Wildman–Crippen LogP) is 5.74. The van der Waals surface area contributed by atoms with Gasteiger partial charge in [-0.25, -0.2) is 18.7 Å². The van der Waals surface area contributed by atoms with E-state index in [1.807, 2.05) is 0 Å². The highest BCUT2D eigenvalue weighted by Gasteiger charge is 2.18. The lowest BCUT2D eigenvalue weighted by molar-refractivity contribution is -0.115. The number of nitrogens with one attached hydrogen (secondary N) is 2. The number of thioether (sulfide) groups is 1. The minimum absolute atomic E-state index is 0.250. The van der Waals surface area contributed by atoms with Crippen LogP contribution < -0.4 is 5.32 Å². The Morgan fingerprint density at radius 2 is 2.03 bits per heavy atom. The fraction of sp³-hybridized carbons (Fsp3) is 0.105. The minimum Gasteiger partial charge on any atom is -0.333 e. The van der Waals surface area contributed by atoms with E-state index in [-0.39, 0.29) is 5.91 Å². The number of imidazole rings is 1. The van der Waals surface area contributed by atoms with Crippen LogP contribution >= 0.6 is 34.7 Å². The van der Waals surface area contributed by atoms with Gasteiger partial charge in [0.25, 0.3) is 0 Å². The zero-order valence-corrected chi connectivity index (χ0v) is 17.3. The number of fused-ring (bicyclic) bond motifs is 1. The van der Waals surface area contributed by atoms with Crippen molar-refractivity contribution in [1.29, 1.82) is 0 Å². The number of nitrogens with zero attached hydrogens (tertiary/aromatic N) is 2. The molecule has 4 aromatic rings. The molecule has 2 heterocycles. The number of thiazole rings is 1. The molecule has 1 atom stereocenters. The molecule has 1 unspecified atom stereocenters. The lowest BCUT2D eigenvalue weighted by atomic mass is 10.2. The quantitative estimate of drug-likeness (QED) is 0.380. The Hall–Kier alpha value is -2.49. The number of benzene rings is 2. The van der Waals surface area contributed by atoms with Crippen LogP contribution in [0.2, 0.25) is 5.02 Å². The average Bonchev–Trinajstić information content (AvgIpc) is 3.30. The number of carbonyl (C=O) groups excluding carboxylic acids is 1. The van der Waals surface area contributed by atoms with Gasteiger partial charge in [-0.15, -0.1) is 11.3 Å². The number of H-pyrrole nitrogens is 1. The second kappa shape index (κ2) is 8.10. The third-order valence-electron chi connectivity index (χ3n) is 4.03. The van der Waals surface area contributed by atoms with Crippen molar-refractivity contribution in [1.82, 2.24) is 15.0 Å². The first-order chi connectivity index (χ1) is 13.9. The van der Waals surface area contributed by atoms with Crippen molar-refractivity contribution in [3.63, 3.8) is 0 Å². The summed E-state index contributed by atoms with van der Waals surface area (Å²) in [5.41, 5.74) is 2.45. The monoisotopic (exact) mass is 450 g/mol. The van der Waals surface area contributed by atoms with Crippen LogP contribution in [0.25, 0.3) is 22.3 Å². The smallest absolute Gasteiger partial charge is 0.239 e. The molecule has 29 heavy (non-hydrogen) atoms. The number of anilines is 1. The SMILES string of the molecule is CC(Sc1nc2ccc(Cl)cc2[nH]1)C(=O)Nc1nc(-c2ccc(F)c(F)c2)cs1. The Kier molecular flexibility index (Phi) is 5.53. The van der Waals surface area contributed by atoms with Gasteiger partial charge in [0.05, 0.1) is 22.0 Å². The highest BCUT2D eigenvalue weighted by atomic mass is 35.5. The van der Waals surface area contributed by atoms with Crippen LogP contribution in [-0.2, 0) is 4.79 Å². The summed E-state index contributed by atoms with van der Waals surface area (Å²) in [4.78, 5) is 24.3. The fourth-order valence-electron chi connectivity index (χ4n) is 2.56. The minimum atomic E-state index is -0.946. The van der Waals surface area contributed by atoms with Crippen molar-refractivity contribution >= 4 is 56.8 Å². The highest BCUT2D eigenvalue weighted by molar-refractivity contribution is 8.00. The zero-order chi connectivity index (χ0) is 20.5. The topological polar surface area (TPSA) is 70.7 Å². The number of halogens is 3. The number of hydrogen-bond donors (Lipinski definition) is 2. The third-order valence-corrected chi connectivity index (χ3v) is 6.01. The molecule has 2 N–H and O–H groups in total. The molecule has 0 aliphatic heterocycles. The van der Waals surface area contributed by atoms with Crippen molar-refractivity contribution in [3.05, 3.63) is 58.4 Å². The molecular weight excluding hydrogens is 438 g/mol. The van der Waals surface area contributed by atoms with E-state index in [1.54, 1.807) is 30.5 Å². The first kappa shape index (κ1) is 19.8. The number of aromatic nitrogens is 3. The van der Waals surface area contributed by atoms with E-state index in [4.69, 9.17) is 11.6 Å². The summed E-state index contributed by atoms with van der Waals surface area (Å²) >= 11 is 8.45. The van der Waals surface area contributed by atoms with Crippen LogP contribution in [0.1, 0.15) is 6.92 Å². The molecule has 0 radical (unpaired) electrons. The van der Waals surface area contributed by atoms with Crippen molar-refractivity contribution in [3.8, 4) is 11.3 Å². The molecule has 4 rings (SSSR count). The summed E-state index contributed by atoms with van der Waals surface area (Å²) in [6, 6.07) is 8.88. The van der Waals surface area contributed by atoms with Crippen LogP contribution in [0.5, 0.6) is 0 Å². The van der Waals surface area contributed by atoms with Crippen molar-refractivity contribution in [2.24, 2.45) is 0 Å². The van der Waals surface area contributed by atoms with Gasteiger partial charge in [-0.2, -0.15) is 0 Å². The maximum Gasteiger partial charge on any atom is 0.239 e. The molecule has 2 aromatic carbocycles. The van der Waals surface area contributed by atoms with Crippen LogP contribution in [-0.4, -0.2) is 26.1 Å². The molecule has 0 bridgehead atoms. The molecule has 1 amide bonds. The molecule has 0 fully saturated rings. The molecule has 0 saturated heterocycles. The third kappa shape index (κ3) is 4.42. The highest BCUT2D eigenvalue weighted by Crippen LogP contribution is 2.28. The van der Waals surface area contributed by atoms with E-state index in [0.717, 1.165) is 23.2 Å². The molecule has 0 saturated carbocycles. The van der Waals surface area contributed by atoms with Gasteiger partial charge >= 0.3 is 0 Å². The first-order valence-corrected chi connectivity index (χ1v) is 10.6. The molecule has 0 spiro atoms. The molecule has 0 aliphatic carbocycles. The van der Waals surface area contributed by atoms with E-state index in [0.29, 0.717) is 26.6 Å². The summed E-state index contributed by atoms with van der Waals surface area (Å²) in [6.45, 7) is 1.75. The van der Waals surface area contributed by atoms with E-state index < -0.39 is 16.9 Å². The first-order valence-electron chi connectivity index (χ1n) is 8.43. The van der Waals surface area contributed by atoms with Crippen LogP contribution in [0, 0.1) is 11.6 Å². The van der Waals surface area contributed by atoms with Gasteiger partial charge in [0.2, 0.25) is 5.91 Å². The zero-order valence-electron chi connectivity index (χ0n) is 14.9. The molecule has 10 heteroatoms. The fourth-order valence-corrected chi connectivity index (χ4v) is 4.28. The summed E-state index contributed by atoms with van der Waals surface area (Å²) in [5.74, 6) is -2.12. The number of aromatic amines is 1. The lowest BCUT2D eigenvalue weighted by Gasteiger charge is -2.08. The van der Waals surface area contributed by atoms with Crippen molar-refractivity contribution in [2.75, 3.05) is 5.32 Å². The van der Waals surface area contributed by atoms with E-state index in [9.17, 15) is 13.6 Å². The van der Waals surface area contributed by atoms with Crippen molar-refractivity contribution < 1.29 is 13.6 Å². The standard InChI is InChI=1S/C19H13ClF2N4OS2/c1-9(29-19-23-14-5-3-11(20)7-15(14)24-19)17(27)26-18-25-16(8-28-18)10-2-4-12(21)13(22)6-10/h2-9H,1H3,(H,23,24)(H,25,26,27). The van der Waals surface area contributed by atoms with Gasteiger partial charge in [-0.05, 0) is 43.3 Å². The molecular formula is C19H13ClF2N4OS2. The second-order valence-electron chi connectivity index (χ2n) is 6.12. The Bertz CT molecular complexity index is 1210. The average molecular weight is 451 g/mol. The van der Waals surface area contributed by atoms with Gasteiger partial charge < -0.3 is 10.3 Å². The largest absolute Gasteiger partial charge is 0.333 e. The Balaban J connectivity index is 1.43. The van der Waals surface area contributed by atoms with E-state index >= 15 is 0 Å². The maximum absolute atomic E-state index is 13.4. The van der Waals surface area contributed by atoms with E-state index in [1.165, 1.54) is 29.2 Å². The number of hydrogen-bond acceptors (Lipinski definition) is 5. The Labute approximate surface area is 177 Å². The summed E-state index contributed by atoms with van der Waals surface area (Å²) in [7, 11) is 0. The predicted molar refractivity (Wildman–Crippen MR) is 113 cm³/mol. The number of carbonyl (C=O) groups is 1. The second-order valence-corrected chi connectivity index (χ2v) is 8.74. The molecule has 2 aromatic heterocycles. The number of amides is 1. The summed E-state index contributed by atoms with van der Waals surface area (Å²) in [5, 5.41) is 5.54. The van der Waals surface area contributed by atoms with Crippen LogP contribution in [0.4, 0.5) is 13.9 Å². The van der Waals surface area contributed by atoms with Gasteiger partial charge in [0.1, 0.15) is 0 Å². The number of rotatable bonds is 5. The molecule has 148 valence electrons. The summed E-state index contributed by atoms with van der Waals surface area (Å²) < 4.78 is 26.5. The maximum atomic E-state index is 13.4. The van der Waals surface area contributed by atoms with E-state index in [2.05, 4.69) is 20.3 Å².